The summed E-state index contributed by atoms with van der Waals surface area (Å²) in [7, 11) is -1.24. The molecule has 0 fully saturated rings. The topological polar surface area (TPSA) is 150 Å². The van der Waals surface area contributed by atoms with Crippen molar-refractivity contribution in [2.75, 3.05) is 24.3 Å². The Bertz CT molecular complexity index is 1470. The van der Waals surface area contributed by atoms with E-state index in [9.17, 15) is 13.2 Å². The van der Waals surface area contributed by atoms with Crippen molar-refractivity contribution in [1.29, 1.82) is 0 Å². The number of rotatable bonds is 9. The number of carbonyl (C=O) groups excluding carboxylic acids is 1. The molecule has 0 spiro atoms. The summed E-state index contributed by atoms with van der Waals surface area (Å²) in [6.45, 7) is 4.25. The Morgan fingerprint density at radius 3 is 2.42 bits per heavy atom. The van der Waals surface area contributed by atoms with E-state index < -0.39 is 15.9 Å². The number of benzene rings is 1. The van der Waals surface area contributed by atoms with Crippen molar-refractivity contribution in [2.45, 2.75) is 25.3 Å². The molecule has 0 atom stereocenters. The van der Waals surface area contributed by atoms with Crippen LogP contribution in [0.25, 0.3) is 0 Å². The highest BCUT2D eigenvalue weighted by Gasteiger charge is 2.18. The summed E-state index contributed by atoms with van der Waals surface area (Å²) in [6.07, 6.45) is 0. The molecule has 0 aliphatic carbocycles. The van der Waals surface area contributed by atoms with Gasteiger partial charge in [0.1, 0.15) is 5.76 Å². The van der Waals surface area contributed by atoms with Crippen LogP contribution in [0.1, 0.15) is 27.7 Å². The van der Waals surface area contributed by atoms with Gasteiger partial charge >= 0.3 is 6.01 Å². The largest absolute Gasteiger partial charge is 0.481 e. The lowest BCUT2D eigenvalue weighted by Crippen LogP contribution is -2.15. The lowest BCUT2D eigenvalue weighted by atomic mass is 10.3. The number of hydrogen-bond acceptors (Lipinski definition) is 9. The van der Waals surface area contributed by atoms with Gasteiger partial charge in [-0.1, -0.05) is 0 Å². The van der Waals surface area contributed by atoms with Crippen LogP contribution in [-0.2, 0) is 16.6 Å². The molecule has 36 heavy (non-hydrogen) atoms. The van der Waals surface area contributed by atoms with E-state index in [0.717, 1.165) is 11.4 Å². The van der Waals surface area contributed by atoms with Gasteiger partial charge in [0, 0.05) is 17.4 Å². The summed E-state index contributed by atoms with van der Waals surface area (Å²) in [4.78, 5) is 20.4. The van der Waals surface area contributed by atoms with Crippen LogP contribution < -0.4 is 19.5 Å². The molecule has 0 aliphatic heterocycles. The van der Waals surface area contributed by atoms with Crippen LogP contribution in [0.15, 0.2) is 57.8 Å². The first-order valence-corrected chi connectivity index (χ1v) is 12.2. The zero-order valence-electron chi connectivity index (χ0n) is 20.0. The zero-order chi connectivity index (χ0) is 25.9. The Morgan fingerprint density at radius 1 is 1.03 bits per heavy atom. The Labute approximate surface area is 207 Å². The van der Waals surface area contributed by atoms with Crippen molar-refractivity contribution in [3.05, 3.63) is 71.4 Å². The standard InChI is InChI=1S/C23H24N6O6S/c1-14-11-15(2)29(27-14)13-17-7-10-19(35-17)22(30)24-16-5-8-18(9-6-16)36(31,32)28-20-12-21(33-3)26-23(25-20)34-4/h5-12H,13H2,1-4H3,(H,24,30)(H,25,26,28). The molecule has 13 heteroatoms. The third-order valence-corrected chi connectivity index (χ3v) is 6.40. The molecule has 0 bridgehead atoms. The fraction of sp³-hybridized carbons (Fsp3) is 0.217. The lowest BCUT2D eigenvalue weighted by molar-refractivity contribution is 0.0994. The SMILES string of the molecule is COc1cc(NS(=O)(=O)c2ccc(NC(=O)c3ccc(Cn4nc(C)cc4C)o3)cc2)nc(OC)n1. The monoisotopic (exact) mass is 512 g/mol. The molecular formula is C23H24N6O6S. The molecule has 0 radical (unpaired) electrons. The van der Waals surface area contributed by atoms with Crippen molar-refractivity contribution < 1.29 is 27.1 Å². The van der Waals surface area contributed by atoms with E-state index in [4.69, 9.17) is 13.9 Å². The number of methoxy groups -OCH3 is 2. The molecule has 0 saturated heterocycles. The lowest BCUT2D eigenvalue weighted by Gasteiger charge is -2.10. The zero-order valence-corrected chi connectivity index (χ0v) is 20.8. The highest BCUT2D eigenvalue weighted by Crippen LogP contribution is 2.22. The van der Waals surface area contributed by atoms with E-state index in [1.807, 2.05) is 19.9 Å². The molecular weight excluding hydrogens is 488 g/mol. The van der Waals surface area contributed by atoms with Crippen LogP contribution in [0.3, 0.4) is 0 Å². The second-order valence-corrected chi connectivity index (χ2v) is 9.40. The van der Waals surface area contributed by atoms with E-state index >= 15 is 0 Å². The molecule has 0 aliphatic rings. The summed E-state index contributed by atoms with van der Waals surface area (Å²) in [5.41, 5.74) is 2.27. The smallest absolute Gasteiger partial charge is 0.321 e. The summed E-state index contributed by atoms with van der Waals surface area (Å²) >= 11 is 0. The number of ether oxygens (including phenoxy) is 2. The van der Waals surface area contributed by atoms with Crippen LogP contribution in [0.2, 0.25) is 0 Å². The minimum atomic E-state index is -3.98. The molecule has 0 unspecified atom stereocenters. The van der Waals surface area contributed by atoms with Gasteiger partial charge in [0.05, 0.1) is 31.4 Å². The fourth-order valence-electron chi connectivity index (χ4n) is 3.33. The summed E-state index contributed by atoms with van der Waals surface area (Å²) in [5, 5.41) is 7.07. The molecule has 12 nitrogen and oxygen atoms in total. The molecule has 0 saturated carbocycles. The first kappa shape index (κ1) is 24.7. The number of furan rings is 1. The van der Waals surface area contributed by atoms with Gasteiger partial charge in [-0.2, -0.15) is 15.1 Å². The van der Waals surface area contributed by atoms with Crippen molar-refractivity contribution >= 4 is 27.4 Å². The number of hydrogen-bond donors (Lipinski definition) is 2. The predicted octanol–water partition coefficient (Wildman–Crippen LogP) is 3.00. The molecule has 4 aromatic rings. The minimum Gasteiger partial charge on any atom is -0.481 e. The highest BCUT2D eigenvalue weighted by molar-refractivity contribution is 7.92. The van der Waals surface area contributed by atoms with Gasteiger partial charge in [-0.25, -0.2) is 8.42 Å². The molecule has 3 aromatic heterocycles. The first-order chi connectivity index (χ1) is 17.2. The van der Waals surface area contributed by atoms with Gasteiger partial charge in [0.15, 0.2) is 11.6 Å². The minimum absolute atomic E-state index is 0.0230. The quantitative estimate of drug-likeness (QED) is 0.345. The number of amides is 1. The third kappa shape index (κ3) is 5.63. The van der Waals surface area contributed by atoms with E-state index in [1.54, 1.807) is 16.8 Å². The Morgan fingerprint density at radius 2 is 1.78 bits per heavy atom. The van der Waals surface area contributed by atoms with Crippen molar-refractivity contribution in [3.63, 3.8) is 0 Å². The molecule has 188 valence electrons. The fourth-order valence-corrected chi connectivity index (χ4v) is 4.32. The average molecular weight is 513 g/mol. The predicted molar refractivity (Wildman–Crippen MR) is 130 cm³/mol. The van der Waals surface area contributed by atoms with Gasteiger partial charge in [-0.15, -0.1) is 0 Å². The van der Waals surface area contributed by atoms with Crippen LogP contribution >= 0.6 is 0 Å². The van der Waals surface area contributed by atoms with Gasteiger partial charge in [0.25, 0.3) is 15.9 Å². The number of aromatic nitrogens is 4. The number of nitrogens with zero attached hydrogens (tertiary/aromatic N) is 4. The number of aryl methyl sites for hydroxylation is 2. The van der Waals surface area contributed by atoms with E-state index in [-0.39, 0.29) is 28.4 Å². The van der Waals surface area contributed by atoms with Crippen LogP contribution in [0.5, 0.6) is 11.9 Å². The van der Waals surface area contributed by atoms with E-state index in [1.165, 1.54) is 44.6 Å². The Balaban J connectivity index is 1.42. The van der Waals surface area contributed by atoms with Gasteiger partial charge in [-0.05, 0) is 56.3 Å². The molecule has 3 heterocycles. The maximum absolute atomic E-state index is 12.8. The van der Waals surface area contributed by atoms with Crippen molar-refractivity contribution in [2.24, 2.45) is 0 Å². The molecule has 4 rings (SSSR count). The van der Waals surface area contributed by atoms with Crippen LogP contribution in [-0.4, -0.2) is 48.3 Å². The molecule has 2 N–H and O–H groups in total. The van der Waals surface area contributed by atoms with Gasteiger partial charge < -0.3 is 19.2 Å². The highest BCUT2D eigenvalue weighted by atomic mass is 32.2. The van der Waals surface area contributed by atoms with E-state index in [0.29, 0.717) is 18.0 Å². The summed E-state index contributed by atoms with van der Waals surface area (Å²) < 4.78 is 45.3. The number of carbonyl (C=O) groups is 1. The van der Waals surface area contributed by atoms with Crippen molar-refractivity contribution in [1.82, 2.24) is 19.7 Å². The average Bonchev–Trinajstić information content (AvgIpc) is 3.44. The second-order valence-electron chi connectivity index (χ2n) is 7.72. The summed E-state index contributed by atoms with van der Waals surface area (Å²) in [6, 6.07) is 12.1. The maximum Gasteiger partial charge on any atom is 0.321 e. The van der Waals surface area contributed by atoms with Gasteiger partial charge in [-0.3, -0.25) is 14.2 Å². The van der Waals surface area contributed by atoms with Crippen LogP contribution in [0, 0.1) is 13.8 Å². The third-order valence-electron chi connectivity index (χ3n) is 5.03. The normalized spacial score (nSPS) is 11.2. The van der Waals surface area contributed by atoms with Crippen LogP contribution in [0.4, 0.5) is 11.5 Å². The Hall–Kier alpha value is -4.39. The Kier molecular flexibility index (Phi) is 6.92. The number of sulfonamides is 1. The first-order valence-electron chi connectivity index (χ1n) is 10.7. The molecule has 1 amide bonds. The van der Waals surface area contributed by atoms with Gasteiger partial charge in [0.2, 0.25) is 5.88 Å². The summed E-state index contributed by atoms with van der Waals surface area (Å²) in [5.74, 6) is 0.343. The molecule has 1 aromatic carbocycles. The van der Waals surface area contributed by atoms with Crippen molar-refractivity contribution in [3.8, 4) is 11.9 Å². The maximum atomic E-state index is 12.8. The van der Waals surface area contributed by atoms with E-state index in [2.05, 4.69) is 25.1 Å². The second kappa shape index (κ2) is 10.1. The number of nitrogens with one attached hydrogen (secondary N) is 2. The number of anilines is 2.